The van der Waals surface area contributed by atoms with Crippen LogP contribution in [-0.4, -0.2) is 87.5 Å². The Morgan fingerprint density at radius 3 is 1.21 bits per heavy atom. The highest BCUT2D eigenvalue weighted by Crippen LogP contribution is 2.23. The summed E-state index contributed by atoms with van der Waals surface area (Å²) in [4.78, 5) is 13.0. The lowest BCUT2D eigenvalue weighted by molar-refractivity contribution is -0.302. The van der Waals surface area contributed by atoms with Crippen molar-refractivity contribution in [2.75, 3.05) is 13.2 Å². The molecule has 1 heterocycles. The van der Waals surface area contributed by atoms with Crippen molar-refractivity contribution in [2.24, 2.45) is 0 Å². The first kappa shape index (κ1) is 68.9. The lowest BCUT2D eigenvalue weighted by Gasteiger charge is -2.40. The second-order valence-corrected chi connectivity index (χ2v) is 21.5. The average Bonchev–Trinajstić information content (AvgIpc) is 3.39. The molecule has 0 aromatic heterocycles. The molecule has 426 valence electrons. The smallest absolute Gasteiger partial charge is 0.220 e. The van der Waals surface area contributed by atoms with Crippen LogP contribution in [0.5, 0.6) is 0 Å². The molecule has 0 bridgehead atoms. The van der Waals surface area contributed by atoms with Crippen LogP contribution in [0.4, 0.5) is 0 Å². The first-order chi connectivity index (χ1) is 35.8. The standard InChI is InChI=1S/C64H117NO8/c1-3-5-7-9-11-13-15-17-19-21-22-23-24-25-26-27-28-29-30-31-32-33-34-35-36-38-39-41-43-45-47-49-51-53-58(67)57(56-72-64-63(71)62(70)61(69)59(55-66)73-64)65-60(68)54-52-50-48-46-44-42-40-37-20-18-16-14-12-10-8-6-4-2/h6,8,12,14,18,20,40,42,46,48,57-59,61-64,66-67,69-71H,3-5,7,9-11,13,15-17,19,21-39,41,43-45,47,49-56H2,1-2H3,(H,65,68)/b8-6-,14-12-,20-18-,42-40-,48-46-. The number of allylic oxidation sites excluding steroid dienone is 10. The van der Waals surface area contributed by atoms with E-state index in [-0.39, 0.29) is 18.9 Å². The largest absolute Gasteiger partial charge is 0.394 e. The first-order valence-electron chi connectivity index (χ1n) is 31.0. The predicted molar refractivity (Wildman–Crippen MR) is 309 cm³/mol. The third-order valence-electron chi connectivity index (χ3n) is 14.6. The minimum absolute atomic E-state index is 0.163. The number of hydrogen-bond acceptors (Lipinski definition) is 8. The Kier molecular flexibility index (Phi) is 50.3. The molecule has 1 amide bonds. The van der Waals surface area contributed by atoms with Gasteiger partial charge in [-0.2, -0.15) is 0 Å². The number of amides is 1. The van der Waals surface area contributed by atoms with Crippen LogP contribution < -0.4 is 5.32 Å². The Hall–Kier alpha value is -2.11. The summed E-state index contributed by atoms with van der Waals surface area (Å²) in [7, 11) is 0. The number of ether oxygens (including phenoxy) is 2. The molecular weight excluding hydrogens is 911 g/mol. The topological polar surface area (TPSA) is 149 Å². The minimum Gasteiger partial charge on any atom is -0.394 e. The maximum absolute atomic E-state index is 13.0. The van der Waals surface area contributed by atoms with Crippen LogP contribution in [0.25, 0.3) is 0 Å². The Morgan fingerprint density at radius 2 is 0.836 bits per heavy atom. The summed E-state index contributed by atoms with van der Waals surface area (Å²) in [6.07, 6.45) is 65.7. The van der Waals surface area contributed by atoms with E-state index < -0.39 is 49.5 Å². The second kappa shape index (κ2) is 53.3. The van der Waals surface area contributed by atoms with Crippen LogP contribution in [0.15, 0.2) is 60.8 Å². The van der Waals surface area contributed by atoms with E-state index in [9.17, 15) is 30.3 Å². The van der Waals surface area contributed by atoms with Crippen molar-refractivity contribution in [3.63, 3.8) is 0 Å². The zero-order valence-electron chi connectivity index (χ0n) is 47.4. The maximum atomic E-state index is 13.0. The van der Waals surface area contributed by atoms with Crippen LogP contribution in [0.1, 0.15) is 284 Å². The van der Waals surface area contributed by atoms with E-state index in [0.29, 0.717) is 12.8 Å². The molecule has 0 aliphatic carbocycles. The van der Waals surface area contributed by atoms with Crippen LogP contribution >= 0.6 is 0 Å². The zero-order valence-corrected chi connectivity index (χ0v) is 47.4. The molecule has 7 atom stereocenters. The Balaban J connectivity index is 2.14. The molecule has 0 radical (unpaired) electrons. The molecule has 0 saturated carbocycles. The van der Waals surface area contributed by atoms with E-state index in [4.69, 9.17) is 9.47 Å². The molecule has 0 aromatic rings. The Morgan fingerprint density at radius 1 is 0.479 bits per heavy atom. The first-order valence-corrected chi connectivity index (χ1v) is 31.0. The summed E-state index contributed by atoms with van der Waals surface area (Å²) in [6, 6.07) is -0.753. The van der Waals surface area contributed by atoms with Gasteiger partial charge in [-0.05, 0) is 51.4 Å². The molecule has 1 fully saturated rings. The van der Waals surface area contributed by atoms with Gasteiger partial charge in [0.2, 0.25) is 5.91 Å². The van der Waals surface area contributed by atoms with Gasteiger partial charge in [0.1, 0.15) is 24.4 Å². The fraction of sp³-hybridized carbons (Fsp3) is 0.828. The summed E-state index contributed by atoms with van der Waals surface area (Å²) in [5.74, 6) is -0.199. The van der Waals surface area contributed by atoms with E-state index in [1.165, 1.54) is 193 Å². The second-order valence-electron chi connectivity index (χ2n) is 21.5. The van der Waals surface area contributed by atoms with Crippen molar-refractivity contribution >= 4 is 5.91 Å². The summed E-state index contributed by atoms with van der Waals surface area (Å²) in [5.41, 5.74) is 0. The number of carbonyl (C=O) groups is 1. The number of aliphatic hydroxyl groups excluding tert-OH is 5. The fourth-order valence-corrected chi connectivity index (χ4v) is 9.79. The molecule has 1 saturated heterocycles. The summed E-state index contributed by atoms with van der Waals surface area (Å²) < 4.78 is 11.3. The van der Waals surface area contributed by atoms with Crippen molar-refractivity contribution in [1.82, 2.24) is 5.32 Å². The molecule has 73 heavy (non-hydrogen) atoms. The molecule has 0 spiro atoms. The normalized spacial score (nSPS) is 19.5. The lowest BCUT2D eigenvalue weighted by Crippen LogP contribution is -2.60. The van der Waals surface area contributed by atoms with Crippen LogP contribution in [-0.2, 0) is 14.3 Å². The molecule has 1 aliphatic rings. The van der Waals surface area contributed by atoms with Gasteiger partial charge in [0.25, 0.3) is 0 Å². The Bertz CT molecular complexity index is 1330. The number of rotatable bonds is 53. The van der Waals surface area contributed by atoms with Gasteiger partial charge in [-0.25, -0.2) is 0 Å². The third kappa shape index (κ3) is 42.7. The molecule has 7 unspecified atom stereocenters. The third-order valence-corrected chi connectivity index (χ3v) is 14.6. The van der Waals surface area contributed by atoms with E-state index >= 15 is 0 Å². The number of carbonyl (C=O) groups excluding carboxylic acids is 1. The van der Waals surface area contributed by atoms with E-state index in [1.54, 1.807) is 0 Å². The van der Waals surface area contributed by atoms with Crippen molar-refractivity contribution < 1.29 is 39.8 Å². The molecule has 1 rings (SSSR count). The van der Waals surface area contributed by atoms with Crippen LogP contribution in [0.3, 0.4) is 0 Å². The van der Waals surface area contributed by atoms with Crippen LogP contribution in [0.2, 0.25) is 0 Å². The fourth-order valence-electron chi connectivity index (χ4n) is 9.79. The van der Waals surface area contributed by atoms with Gasteiger partial charge < -0.3 is 40.3 Å². The number of aliphatic hydroxyl groups is 5. The van der Waals surface area contributed by atoms with Crippen molar-refractivity contribution in [3.8, 4) is 0 Å². The summed E-state index contributed by atoms with van der Waals surface area (Å²) in [6.45, 7) is 3.71. The summed E-state index contributed by atoms with van der Waals surface area (Å²) >= 11 is 0. The maximum Gasteiger partial charge on any atom is 0.220 e. The molecule has 6 N–H and O–H groups in total. The number of hydrogen-bond donors (Lipinski definition) is 6. The van der Waals surface area contributed by atoms with E-state index in [0.717, 1.165) is 57.8 Å². The van der Waals surface area contributed by atoms with Crippen molar-refractivity contribution in [3.05, 3.63) is 60.8 Å². The van der Waals surface area contributed by atoms with Gasteiger partial charge in [0.15, 0.2) is 6.29 Å². The van der Waals surface area contributed by atoms with Crippen LogP contribution in [0, 0.1) is 0 Å². The number of unbranched alkanes of at least 4 members (excludes halogenated alkanes) is 33. The minimum atomic E-state index is -1.57. The number of nitrogens with one attached hydrogen (secondary N) is 1. The quantitative estimate of drug-likeness (QED) is 0.0261. The van der Waals surface area contributed by atoms with Gasteiger partial charge in [0, 0.05) is 6.42 Å². The Labute approximate surface area is 449 Å². The lowest BCUT2D eigenvalue weighted by atomic mass is 9.99. The van der Waals surface area contributed by atoms with Gasteiger partial charge in [0.05, 0.1) is 25.4 Å². The predicted octanol–water partition coefficient (Wildman–Crippen LogP) is 15.9. The SMILES string of the molecule is CC/C=C\C/C=C\C/C=C\C/C=C\C/C=C\CCCC(=O)NC(COC1OC(CO)C(O)C(O)C1O)C(O)CCCCCCCCCCCCCCCCCCCCCCCCCCCCCCCCCCC. The van der Waals surface area contributed by atoms with Crippen molar-refractivity contribution in [2.45, 2.75) is 326 Å². The molecule has 1 aliphatic heterocycles. The molecule has 9 nitrogen and oxygen atoms in total. The van der Waals surface area contributed by atoms with E-state index in [2.05, 4.69) is 79.9 Å². The van der Waals surface area contributed by atoms with Crippen molar-refractivity contribution in [1.29, 1.82) is 0 Å². The summed E-state index contributed by atoms with van der Waals surface area (Å²) in [5, 5.41) is 54.7. The van der Waals surface area contributed by atoms with E-state index in [1.807, 2.05) is 0 Å². The molecular formula is C64H117NO8. The zero-order chi connectivity index (χ0) is 52.9. The highest BCUT2D eigenvalue weighted by Gasteiger charge is 2.44. The highest BCUT2D eigenvalue weighted by atomic mass is 16.7. The monoisotopic (exact) mass is 1030 g/mol. The van der Waals surface area contributed by atoms with Gasteiger partial charge >= 0.3 is 0 Å². The highest BCUT2D eigenvalue weighted by molar-refractivity contribution is 5.76. The molecule has 9 heteroatoms. The average molecular weight is 1030 g/mol. The van der Waals surface area contributed by atoms with Gasteiger partial charge in [-0.15, -0.1) is 0 Å². The van der Waals surface area contributed by atoms with Gasteiger partial charge in [-0.3, -0.25) is 4.79 Å². The molecule has 0 aromatic carbocycles. The van der Waals surface area contributed by atoms with Gasteiger partial charge in [-0.1, -0.05) is 286 Å².